The van der Waals surface area contributed by atoms with Crippen LogP contribution in [0.3, 0.4) is 0 Å². The third-order valence-corrected chi connectivity index (χ3v) is 10.3. The summed E-state index contributed by atoms with van der Waals surface area (Å²) >= 11 is 0. The van der Waals surface area contributed by atoms with Crippen molar-refractivity contribution in [3.63, 3.8) is 0 Å². The molecule has 0 saturated heterocycles. The molecule has 1 aromatic heterocycles. The molecule has 10 rings (SSSR count). The SMILES string of the molecule is C1=CC(c2nc3ccc4cc(-c5ccc6ccc(N(c7ccccc7)c7ccc(-c8ccc9ccccc9c8)cc7)cc6c5)ccc4c3o2)=CCC1. The van der Waals surface area contributed by atoms with E-state index in [1.165, 1.54) is 43.8 Å². The number of para-hydroxylation sites is 1. The van der Waals surface area contributed by atoms with Crippen LogP contribution >= 0.6 is 0 Å². The number of oxazole rings is 1. The molecule has 3 nitrogen and oxygen atoms in total. The summed E-state index contributed by atoms with van der Waals surface area (Å²) in [4.78, 5) is 7.14. The Morgan fingerprint density at radius 2 is 1.08 bits per heavy atom. The Balaban J connectivity index is 1.01. The minimum Gasteiger partial charge on any atom is -0.435 e. The van der Waals surface area contributed by atoms with Gasteiger partial charge >= 0.3 is 0 Å². The van der Waals surface area contributed by atoms with E-state index in [0.717, 1.165) is 57.3 Å². The van der Waals surface area contributed by atoms with Gasteiger partial charge in [-0.15, -0.1) is 0 Å². The molecule has 0 aliphatic heterocycles. The molecule has 0 amide bonds. The molecule has 52 heavy (non-hydrogen) atoms. The van der Waals surface area contributed by atoms with E-state index >= 15 is 0 Å². The van der Waals surface area contributed by atoms with Gasteiger partial charge in [0, 0.05) is 28.0 Å². The Hall–Kier alpha value is -6.71. The van der Waals surface area contributed by atoms with Crippen LogP contribution in [0.2, 0.25) is 0 Å². The van der Waals surface area contributed by atoms with Crippen molar-refractivity contribution in [1.82, 2.24) is 4.98 Å². The molecule has 0 fully saturated rings. The molecule has 1 aliphatic rings. The maximum absolute atomic E-state index is 6.34. The number of rotatable bonds is 6. The summed E-state index contributed by atoms with van der Waals surface area (Å²) in [5.41, 5.74) is 10.9. The van der Waals surface area contributed by atoms with Crippen LogP contribution in [0.15, 0.2) is 186 Å². The lowest BCUT2D eigenvalue weighted by Crippen LogP contribution is -2.09. The molecule has 0 unspecified atom stereocenters. The van der Waals surface area contributed by atoms with E-state index in [0.29, 0.717) is 5.89 Å². The van der Waals surface area contributed by atoms with Crippen LogP contribution in [0.25, 0.3) is 71.2 Å². The summed E-state index contributed by atoms with van der Waals surface area (Å²) in [6.45, 7) is 0. The molecule has 0 bridgehead atoms. The Morgan fingerprint density at radius 1 is 0.462 bits per heavy atom. The highest BCUT2D eigenvalue weighted by atomic mass is 16.3. The number of aromatic nitrogens is 1. The van der Waals surface area contributed by atoms with Crippen molar-refractivity contribution in [3.8, 4) is 22.3 Å². The third kappa shape index (κ3) is 5.44. The number of benzene rings is 8. The van der Waals surface area contributed by atoms with Crippen molar-refractivity contribution in [1.29, 1.82) is 0 Å². The zero-order valence-corrected chi connectivity index (χ0v) is 28.5. The standard InChI is InChI=1S/C49H34N2O/c1-3-10-36(11-4-1)49-50-47-28-23-41-30-40(22-27-46(41)48(47)52-49)39-18-16-35-21-26-45(32-42(35)31-39)51(43-13-5-2-6-14-43)44-24-19-34(20-25-44)38-17-15-33-9-7-8-12-37(33)29-38/h2-3,5-32H,1,4H2. The Bertz CT molecular complexity index is 2840. The van der Waals surface area contributed by atoms with Gasteiger partial charge in [0.2, 0.25) is 5.89 Å². The van der Waals surface area contributed by atoms with Gasteiger partial charge in [0.15, 0.2) is 5.58 Å². The van der Waals surface area contributed by atoms with E-state index in [-0.39, 0.29) is 0 Å². The zero-order chi connectivity index (χ0) is 34.4. The number of hydrogen-bond donors (Lipinski definition) is 0. The monoisotopic (exact) mass is 666 g/mol. The second-order valence-electron chi connectivity index (χ2n) is 13.5. The van der Waals surface area contributed by atoms with Gasteiger partial charge < -0.3 is 9.32 Å². The molecule has 3 heteroatoms. The lowest BCUT2D eigenvalue weighted by atomic mass is 9.98. The predicted octanol–water partition coefficient (Wildman–Crippen LogP) is 13.8. The quantitative estimate of drug-likeness (QED) is 0.177. The minimum atomic E-state index is 0.693. The number of fused-ring (bicyclic) bond motifs is 5. The average Bonchev–Trinajstić information content (AvgIpc) is 3.67. The van der Waals surface area contributed by atoms with Crippen LogP contribution in [0, 0.1) is 0 Å². The van der Waals surface area contributed by atoms with Crippen molar-refractivity contribution >= 4 is 66.1 Å². The summed E-state index contributed by atoms with van der Waals surface area (Å²) in [5.74, 6) is 0.693. The molecule has 9 aromatic rings. The van der Waals surface area contributed by atoms with Gasteiger partial charge in [0.25, 0.3) is 0 Å². The van der Waals surface area contributed by atoms with Crippen LogP contribution < -0.4 is 4.90 Å². The summed E-state index contributed by atoms with van der Waals surface area (Å²) in [6, 6.07) is 59.1. The van der Waals surface area contributed by atoms with Gasteiger partial charge in [0.1, 0.15) is 5.52 Å². The average molecular weight is 667 g/mol. The number of anilines is 3. The number of hydrogen-bond acceptors (Lipinski definition) is 3. The lowest BCUT2D eigenvalue weighted by Gasteiger charge is -2.26. The highest BCUT2D eigenvalue weighted by Gasteiger charge is 2.16. The fraction of sp³-hybridized carbons (Fsp3) is 0.0408. The van der Waals surface area contributed by atoms with E-state index in [9.17, 15) is 0 Å². The number of nitrogens with zero attached hydrogens (tertiary/aromatic N) is 2. The second kappa shape index (κ2) is 12.6. The molecular formula is C49H34N2O. The van der Waals surface area contributed by atoms with Crippen LogP contribution in [0.1, 0.15) is 18.7 Å². The van der Waals surface area contributed by atoms with Gasteiger partial charge in [-0.25, -0.2) is 4.98 Å². The van der Waals surface area contributed by atoms with Gasteiger partial charge in [0.05, 0.1) is 0 Å². The van der Waals surface area contributed by atoms with Gasteiger partial charge in [-0.1, -0.05) is 115 Å². The fourth-order valence-corrected chi connectivity index (χ4v) is 7.54. The van der Waals surface area contributed by atoms with E-state index in [1.54, 1.807) is 0 Å². The van der Waals surface area contributed by atoms with E-state index in [2.05, 4.69) is 187 Å². The molecule has 0 N–H and O–H groups in total. The molecule has 0 saturated carbocycles. The maximum Gasteiger partial charge on any atom is 0.227 e. The van der Waals surface area contributed by atoms with Crippen molar-refractivity contribution in [2.45, 2.75) is 12.8 Å². The Morgan fingerprint density at radius 3 is 1.88 bits per heavy atom. The Kier molecular flexibility index (Phi) is 7.28. The van der Waals surface area contributed by atoms with Crippen LogP contribution in [-0.4, -0.2) is 4.98 Å². The molecule has 1 aliphatic carbocycles. The summed E-state index contributed by atoms with van der Waals surface area (Å²) < 4.78 is 6.34. The molecule has 246 valence electrons. The first kappa shape index (κ1) is 30.1. The van der Waals surface area contributed by atoms with Gasteiger partial charge in [-0.3, -0.25) is 0 Å². The molecule has 8 aromatic carbocycles. The highest BCUT2D eigenvalue weighted by molar-refractivity contribution is 6.05. The van der Waals surface area contributed by atoms with E-state index in [1.807, 2.05) is 0 Å². The topological polar surface area (TPSA) is 29.3 Å². The maximum atomic E-state index is 6.34. The number of allylic oxidation sites excluding steroid dienone is 4. The fourth-order valence-electron chi connectivity index (χ4n) is 7.54. The molecule has 1 heterocycles. The van der Waals surface area contributed by atoms with Crippen LogP contribution in [-0.2, 0) is 0 Å². The van der Waals surface area contributed by atoms with Crippen molar-refractivity contribution < 1.29 is 4.42 Å². The lowest BCUT2D eigenvalue weighted by molar-refractivity contribution is 0.588. The molecule has 0 spiro atoms. The minimum absolute atomic E-state index is 0.693. The summed E-state index contributed by atoms with van der Waals surface area (Å²) in [5, 5.41) is 7.11. The highest BCUT2D eigenvalue weighted by Crippen LogP contribution is 2.39. The van der Waals surface area contributed by atoms with E-state index in [4.69, 9.17) is 9.40 Å². The predicted molar refractivity (Wildman–Crippen MR) is 218 cm³/mol. The third-order valence-electron chi connectivity index (χ3n) is 10.3. The van der Waals surface area contributed by atoms with Crippen molar-refractivity contribution in [3.05, 3.63) is 188 Å². The molecule has 0 atom stereocenters. The van der Waals surface area contributed by atoms with Gasteiger partial charge in [-0.2, -0.15) is 0 Å². The first-order chi connectivity index (χ1) is 25.7. The normalized spacial score (nSPS) is 12.9. The van der Waals surface area contributed by atoms with Crippen molar-refractivity contribution in [2.75, 3.05) is 4.90 Å². The zero-order valence-electron chi connectivity index (χ0n) is 28.5. The van der Waals surface area contributed by atoms with Gasteiger partial charge in [-0.05, 0) is 129 Å². The largest absolute Gasteiger partial charge is 0.435 e. The summed E-state index contributed by atoms with van der Waals surface area (Å²) in [6.07, 6.45) is 8.59. The van der Waals surface area contributed by atoms with Crippen LogP contribution in [0.5, 0.6) is 0 Å². The molecular weight excluding hydrogens is 633 g/mol. The second-order valence-corrected chi connectivity index (χ2v) is 13.5. The Labute approximate surface area is 302 Å². The van der Waals surface area contributed by atoms with Crippen LogP contribution in [0.4, 0.5) is 17.1 Å². The molecule has 0 radical (unpaired) electrons. The van der Waals surface area contributed by atoms with Crippen molar-refractivity contribution in [2.24, 2.45) is 0 Å². The first-order valence-electron chi connectivity index (χ1n) is 17.9. The summed E-state index contributed by atoms with van der Waals surface area (Å²) in [7, 11) is 0. The first-order valence-corrected chi connectivity index (χ1v) is 17.9. The smallest absolute Gasteiger partial charge is 0.227 e. The van der Waals surface area contributed by atoms with E-state index < -0.39 is 0 Å².